The SMILES string of the molecule is CCOC(=O)CC#Cc1cc([N+](=O)[O-])ccc1C(F)(F)F. The summed E-state index contributed by atoms with van der Waals surface area (Å²) in [4.78, 5) is 20.8. The van der Waals surface area contributed by atoms with Crippen LogP contribution in [0.3, 0.4) is 0 Å². The number of nitro groups is 1. The first-order valence-electron chi connectivity index (χ1n) is 5.75. The van der Waals surface area contributed by atoms with Crippen molar-refractivity contribution in [1.29, 1.82) is 0 Å². The number of nitrogens with zero attached hydrogens (tertiary/aromatic N) is 1. The average molecular weight is 301 g/mol. The molecular weight excluding hydrogens is 291 g/mol. The van der Waals surface area contributed by atoms with Gasteiger partial charge in [-0.05, 0) is 13.0 Å². The summed E-state index contributed by atoms with van der Waals surface area (Å²) in [5.41, 5.74) is -2.16. The number of hydrogen-bond acceptors (Lipinski definition) is 4. The quantitative estimate of drug-likeness (QED) is 0.372. The summed E-state index contributed by atoms with van der Waals surface area (Å²) in [5.74, 6) is 3.67. The zero-order chi connectivity index (χ0) is 16.0. The van der Waals surface area contributed by atoms with Crippen LogP contribution in [0.5, 0.6) is 0 Å². The highest BCUT2D eigenvalue weighted by Crippen LogP contribution is 2.33. The number of ether oxygens (including phenoxy) is 1. The number of carbonyl (C=O) groups is 1. The molecule has 0 heterocycles. The Morgan fingerprint density at radius 3 is 2.62 bits per heavy atom. The molecule has 1 aromatic rings. The van der Waals surface area contributed by atoms with Gasteiger partial charge in [-0.3, -0.25) is 14.9 Å². The van der Waals surface area contributed by atoms with E-state index in [9.17, 15) is 28.1 Å². The van der Waals surface area contributed by atoms with Crippen molar-refractivity contribution in [1.82, 2.24) is 0 Å². The molecular formula is C13H10F3NO4. The highest BCUT2D eigenvalue weighted by atomic mass is 19.4. The fourth-order valence-corrected chi connectivity index (χ4v) is 1.42. The van der Waals surface area contributed by atoms with Crippen LogP contribution in [0.4, 0.5) is 18.9 Å². The lowest BCUT2D eigenvalue weighted by Gasteiger charge is -2.08. The largest absolute Gasteiger partial charge is 0.465 e. The lowest BCUT2D eigenvalue weighted by molar-refractivity contribution is -0.384. The van der Waals surface area contributed by atoms with Crippen molar-refractivity contribution in [3.05, 3.63) is 39.4 Å². The molecule has 0 amide bonds. The standard InChI is InChI=1S/C13H10F3NO4/c1-2-21-12(18)5-3-4-9-8-10(17(19)20)6-7-11(9)13(14,15)16/h6-8H,2,5H2,1H3. The molecule has 1 aromatic carbocycles. The maximum atomic E-state index is 12.8. The maximum Gasteiger partial charge on any atom is 0.417 e. The maximum absolute atomic E-state index is 12.8. The molecule has 0 spiro atoms. The Morgan fingerprint density at radius 1 is 1.43 bits per heavy atom. The Hall–Kier alpha value is -2.56. The van der Waals surface area contributed by atoms with Crippen LogP contribution in [0.25, 0.3) is 0 Å². The summed E-state index contributed by atoms with van der Waals surface area (Å²) >= 11 is 0. The number of esters is 1. The summed E-state index contributed by atoms with van der Waals surface area (Å²) < 4.78 is 42.8. The topological polar surface area (TPSA) is 69.4 Å². The molecule has 0 aliphatic carbocycles. The van der Waals surface area contributed by atoms with E-state index < -0.39 is 40.3 Å². The first-order valence-corrected chi connectivity index (χ1v) is 5.75. The first-order chi connectivity index (χ1) is 9.75. The second-order valence-electron chi connectivity index (χ2n) is 3.77. The van der Waals surface area contributed by atoms with Crippen LogP contribution in [0, 0.1) is 22.0 Å². The van der Waals surface area contributed by atoms with E-state index in [4.69, 9.17) is 0 Å². The third-order valence-electron chi connectivity index (χ3n) is 2.28. The predicted octanol–water partition coefficient (Wildman–Crippen LogP) is 2.92. The Kier molecular flexibility index (Phi) is 5.30. The molecule has 0 saturated heterocycles. The number of alkyl halides is 3. The fourth-order valence-electron chi connectivity index (χ4n) is 1.42. The Balaban J connectivity index is 3.13. The number of hydrogen-bond donors (Lipinski definition) is 0. The minimum absolute atomic E-state index is 0.130. The Morgan fingerprint density at radius 2 is 2.10 bits per heavy atom. The van der Waals surface area contributed by atoms with Gasteiger partial charge in [0, 0.05) is 17.7 Å². The van der Waals surface area contributed by atoms with Gasteiger partial charge in [-0.15, -0.1) is 0 Å². The van der Waals surface area contributed by atoms with Crippen molar-refractivity contribution in [2.24, 2.45) is 0 Å². The van der Waals surface area contributed by atoms with Crippen LogP contribution in [0.2, 0.25) is 0 Å². The number of rotatable bonds is 3. The van der Waals surface area contributed by atoms with Crippen LogP contribution in [0.1, 0.15) is 24.5 Å². The lowest BCUT2D eigenvalue weighted by Crippen LogP contribution is -2.08. The van der Waals surface area contributed by atoms with Crippen LogP contribution in [0.15, 0.2) is 18.2 Å². The molecule has 0 fully saturated rings. The Labute approximate surface area is 117 Å². The molecule has 0 saturated carbocycles. The Bertz CT molecular complexity index is 614. The van der Waals surface area contributed by atoms with Crippen molar-refractivity contribution in [2.45, 2.75) is 19.5 Å². The van der Waals surface area contributed by atoms with E-state index in [1.165, 1.54) is 0 Å². The number of nitro benzene ring substituents is 1. The molecule has 0 bridgehead atoms. The normalized spacial score (nSPS) is 10.5. The summed E-state index contributed by atoms with van der Waals surface area (Å²) in [6.45, 7) is 1.71. The van der Waals surface area contributed by atoms with Gasteiger partial charge in [-0.2, -0.15) is 13.2 Å². The molecule has 112 valence electrons. The zero-order valence-electron chi connectivity index (χ0n) is 10.9. The van der Waals surface area contributed by atoms with Crippen molar-refractivity contribution < 1.29 is 27.6 Å². The van der Waals surface area contributed by atoms with Gasteiger partial charge in [0.1, 0.15) is 6.42 Å². The van der Waals surface area contributed by atoms with Gasteiger partial charge in [0.25, 0.3) is 5.69 Å². The number of carbonyl (C=O) groups excluding carboxylic acids is 1. The lowest BCUT2D eigenvalue weighted by atomic mass is 10.1. The van der Waals surface area contributed by atoms with Crippen LogP contribution >= 0.6 is 0 Å². The smallest absolute Gasteiger partial charge is 0.417 e. The predicted molar refractivity (Wildman–Crippen MR) is 66.2 cm³/mol. The molecule has 0 aliphatic rings. The molecule has 0 N–H and O–H groups in total. The number of non-ortho nitro benzene ring substituents is 1. The van der Waals surface area contributed by atoms with Crippen LogP contribution in [-0.2, 0) is 15.7 Å². The van der Waals surface area contributed by atoms with Gasteiger partial charge in [0.15, 0.2) is 0 Å². The average Bonchev–Trinajstić information content (AvgIpc) is 2.37. The summed E-state index contributed by atoms with van der Waals surface area (Å²) in [5, 5.41) is 10.6. The monoisotopic (exact) mass is 301 g/mol. The van der Waals surface area contributed by atoms with Gasteiger partial charge in [-0.25, -0.2) is 0 Å². The minimum Gasteiger partial charge on any atom is -0.465 e. The summed E-state index contributed by atoms with van der Waals surface area (Å²) in [6, 6.07) is 2.06. The van der Waals surface area contributed by atoms with Crippen molar-refractivity contribution in [3.8, 4) is 11.8 Å². The molecule has 1 rings (SSSR count). The summed E-state index contributed by atoms with van der Waals surface area (Å²) in [7, 11) is 0. The van der Waals surface area contributed by atoms with Gasteiger partial charge < -0.3 is 4.74 Å². The fraction of sp³-hybridized carbons (Fsp3) is 0.308. The van der Waals surface area contributed by atoms with Gasteiger partial charge in [0.2, 0.25) is 0 Å². The second kappa shape index (κ2) is 6.74. The molecule has 0 aromatic heterocycles. The molecule has 8 heteroatoms. The minimum atomic E-state index is -4.69. The van der Waals surface area contributed by atoms with Gasteiger partial charge in [-0.1, -0.05) is 11.8 Å². The molecule has 21 heavy (non-hydrogen) atoms. The second-order valence-corrected chi connectivity index (χ2v) is 3.77. The van der Waals surface area contributed by atoms with Crippen LogP contribution in [-0.4, -0.2) is 17.5 Å². The summed E-state index contributed by atoms with van der Waals surface area (Å²) in [6.07, 6.45) is -5.09. The first kappa shape index (κ1) is 16.5. The van der Waals surface area contributed by atoms with E-state index in [2.05, 4.69) is 16.6 Å². The zero-order valence-corrected chi connectivity index (χ0v) is 10.9. The van der Waals surface area contributed by atoms with Crippen molar-refractivity contribution >= 4 is 11.7 Å². The van der Waals surface area contributed by atoms with E-state index in [1.54, 1.807) is 6.92 Å². The van der Waals surface area contributed by atoms with Gasteiger partial charge in [0.05, 0.1) is 17.1 Å². The number of halogens is 3. The highest BCUT2D eigenvalue weighted by Gasteiger charge is 2.33. The van der Waals surface area contributed by atoms with E-state index in [1.807, 2.05) is 0 Å². The van der Waals surface area contributed by atoms with E-state index >= 15 is 0 Å². The third-order valence-corrected chi connectivity index (χ3v) is 2.28. The van der Waals surface area contributed by atoms with E-state index in [-0.39, 0.29) is 6.61 Å². The molecule has 0 radical (unpaired) electrons. The van der Waals surface area contributed by atoms with Gasteiger partial charge >= 0.3 is 12.1 Å². The van der Waals surface area contributed by atoms with Crippen LogP contribution < -0.4 is 0 Å². The molecule has 5 nitrogen and oxygen atoms in total. The van der Waals surface area contributed by atoms with Crippen molar-refractivity contribution in [3.63, 3.8) is 0 Å². The molecule has 0 unspecified atom stereocenters. The van der Waals surface area contributed by atoms with E-state index in [0.717, 1.165) is 12.1 Å². The van der Waals surface area contributed by atoms with E-state index in [0.29, 0.717) is 6.07 Å². The van der Waals surface area contributed by atoms with Crippen molar-refractivity contribution in [2.75, 3.05) is 6.61 Å². The number of benzene rings is 1. The third kappa shape index (κ3) is 4.80. The highest BCUT2D eigenvalue weighted by molar-refractivity contribution is 5.72. The molecule has 0 atom stereocenters. The molecule has 0 aliphatic heterocycles.